The van der Waals surface area contributed by atoms with Gasteiger partial charge in [0, 0.05) is 5.39 Å². The molecule has 16 heavy (non-hydrogen) atoms. The lowest BCUT2D eigenvalue weighted by atomic mass is 10.2. The molecule has 0 saturated carbocycles. The van der Waals surface area contributed by atoms with Gasteiger partial charge < -0.3 is 5.32 Å². The minimum atomic E-state index is -0.268. The Kier molecular flexibility index (Phi) is 3.27. The first-order valence-electron chi connectivity index (χ1n) is 4.62. The number of alkyl halides is 1. The molecule has 0 atom stereocenters. The van der Waals surface area contributed by atoms with Crippen molar-refractivity contribution in [1.82, 2.24) is 4.98 Å². The Balaban J connectivity index is 2.52. The highest BCUT2D eigenvalue weighted by atomic mass is 35.5. The van der Waals surface area contributed by atoms with E-state index in [1.165, 1.54) is 0 Å². The van der Waals surface area contributed by atoms with Crippen molar-refractivity contribution in [3.8, 4) is 0 Å². The minimum absolute atomic E-state index is 0.0864. The maximum Gasteiger partial charge on any atom is 0.239 e. The van der Waals surface area contributed by atoms with Crippen LogP contribution in [0.1, 0.15) is 0 Å². The van der Waals surface area contributed by atoms with E-state index in [9.17, 15) is 4.79 Å². The molecule has 1 aromatic heterocycles. The quantitative estimate of drug-likeness (QED) is 0.661. The van der Waals surface area contributed by atoms with Crippen LogP contribution in [0.5, 0.6) is 0 Å². The molecule has 1 N–H and O–H groups in total. The Morgan fingerprint density at radius 2 is 2.12 bits per heavy atom. The van der Waals surface area contributed by atoms with Crippen molar-refractivity contribution in [2.75, 3.05) is 11.2 Å². The van der Waals surface area contributed by atoms with E-state index in [4.69, 9.17) is 23.2 Å². The van der Waals surface area contributed by atoms with Gasteiger partial charge in [0.25, 0.3) is 0 Å². The van der Waals surface area contributed by atoms with Crippen LogP contribution in [-0.4, -0.2) is 16.8 Å². The predicted molar refractivity (Wildman–Crippen MR) is 66.1 cm³/mol. The van der Waals surface area contributed by atoms with Gasteiger partial charge in [-0.05, 0) is 18.2 Å². The van der Waals surface area contributed by atoms with Crippen molar-refractivity contribution in [3.63, 3.8) is 0 Å². The molecule has 1 heterocycles. The van der Waals surface area contributed by atoms with E-state index in [0.717, 1.165) is 5.39 Å². The summed E-state index contributed by atoms with van der Waals surface area (Å²) < 4.78 is 0. The number of carbonyl (C=O) groups is 1. The van der Waals surface area contributed by atoms with Gasteiger partial charge in [-0.25, -0.2) is 4.98 Å². The van der Waals surface area contributed by atoms with Crippen molar-refractivity contribution < 1.29 is 4.79 Å². The second kappa shape index (κ2) is 4.68. The topological polar surface area (TPSA) is 42.0 Å². The lowest BCUT2D eigenvalue weighted by Gasteiger charge is -2.06. The second-order valence-corrected chi connectivity index (χ2v) is 3.85. The molecular weight excluding hydrogens is 247 g/mol. The Morgan fingerprint density at radius 1 is 1.31 bits per heavy atom. The van der Waals surface area contributed by atoms with E-state index in [1.54, 1.807) is 12.1 Å². The smallest absolute Gasteiger partial charge is 0.239 e. The number of fused-ring (bicyclic) bond motifs is 1. The molecule has 0 unspecified atom stereocenters. The van der Waals surface area contributed by atoms with Crippen LogP contribution in [0.4, 0.5) is 5.69 Å². The summed E-state index contributed by atoms with van der Waals surface area (Å²) in [5.41, 5.74) is 1.28. The summed E-state index contributed by atoms with van der Waals surface area (Å²) >= 11 is 11.2. The van der Waals surface area contributed by atoms with Gasteiger partial charge in [-0.3, -0.25) is 4.79 Å². The number of para-hydroxylation sites is 1. The number of rotatable bonds is 2. The number of carbonyl (C=O) groups excluding carboxylic acids is 1. The molecule has 1 amide bonds. The first-order valence-corrected chi connectivity index (χ1v) is 5.53. The van der Waals surface area contributed by atoms with Gasteiger partial charge in [-0.1, -0.05) is 23.7 Å². The van der Waals surface area contributed by atoms with E-state index in [2.05, 4.69) is 10.3 Å². The molecule has 2 rings (SSSR count). The van der Waals surface area contributed by atoms with E-state index in [-0.39, 0.29) is 11.8 Å². The van der Waals surface area contributed by atoms with Crippen molar-refractivity contribution in [1.29, 1.82) is 0 Å². The van der Waals surface area contributed by atoms with Crippen molar-refractivity contribution in [2.24, 2.45) is 0 Å². The number of halogens is 2. The van der Waals surface area contributed by atoms with Gasteiger partial charge >= 0.3 is 0 Å². The highest BCUT2D eigenvalue weighted by Crippen LogP contribution is 2.23. The molecule has 3 nitrogen and oxygen atoms in total. The fourth-order valence-corrected chi connectivity index (χ4v) is 1.62. The number of pyridine rings is 1. The van der Waals surface area contributed by atoms with Crippen LogP contribution in [0, 0.1) is 0 Å². The van der Waals surface area contributed by atoms with Gasteiger partial charge in [0.2, 0.25) is 5.91 Å². The third kappa shape index (κ3) is 2.26. The predicted octanol–water partition coefficient (Wildman–Crippen LogP) is 3.07. The highest BCUT2D eigenvalue weighted by Gasteiger charge is 2.06. The Bertz CT molecular complexity index is 542. The number of benzene rings is 1. The molecule has 0 aliphatic carbocycles. The monoisotopic (exact) mass is 254 g/mol. The lowest BCUT2D eigenvalue weighted by molar-refractivity contribution is -0.113. The maximum atomic E-state index is 11.2. The molecule has 1 aromatic carbocycles. The fraction of sp³-hybridized carbons (Fsp3) is 0.0909. The third-order valence-electron chi connectivity index (χ3n) is 2.08. The fourth-order valence-electron chi connectivity index (χ4n) is 1.41. The molecule has 0 saturated heterocycles. The normalized spacial score (nSPS) is 10.4. The third-order valence-corrected chi connectivity index (χ3v) is 2.53. The summed E-state index contributed by atoms with van der Waals surface area (Å²) in [6.45, 7) is 0. The first kappa shape index (κ1) is 11.2. The van der Waals surface area contributed by atoms with E-state index in [1.807, 2.05) is 18.2 Å². The van der Waals surface area contributed by atoms with Crippen LogP contribution >= 0.6 is 23.2 Å². The summed E-state index contributed by atoms with van der Waals surface area (Å²) in [6, 6.07) is 9.05. The van der Waals surface area contributed by atoms with Crippen molar-refractivity contribution in [2.45, 2.75) is 0 Å². The molecule has 0 aliphatic rings. The van der Waals surface area contributed by atoms with Crippen LogP contribution in [-0.2, 0) is 4.79 Å². The molecular formula is C11H8Cl2N2O. The minimum Gasteiger partial charge on any atom is -0.323 e. The van der Waals surface area contributed by atoms with Gasteiger partial charge in [0.15, 0.2) is 0 Å². The first-order chi connectivity index (χ1) is 7.70. The van der Waals surface area contributed by atoms with Crippen LogP contribution < -0.4 is 5.32 Å². The zero-order chi connectivity index (χ0) is 11.5. The van der Waals surface area contributed by atoms with Crippen LogP contribution in [0.15, 0.2) is 30.3 Å². The molecule has 82 valence electrons. The number of anilines is 1. The van der Waals surface area contributed by atoms with Gasteiger partial charge in [0.05, 0.1) is 11.2 Å². The van der Waals surface area contributed by atoms with Crippen molar-refractivity contribution >= 4 is 45.7 Å². The lowest BCUT2D eigenvalue weighted by Crippen LogP contribution is -2.12. The SMILES string of the molecule is O=C(CCl)Nc1cccc2ccc(Cl)nc12. The summed E-state index contributed by atoms with van der Waals surface area (Å²) in [7, 11) is 0. The van der Waals surface area contributed by atoms with Crippen LogP contribution in [0.3, 0.4) is 0 Å². The van der Waals surface area contributed by atoms with Crippen LogP contribution in [0.25, 0.3) is 10.9 Å². The summed E-state index contributed by atoms with van der Waals surface area (Å²) in [6.07, 6.45) is 0. The summed E-state index contributed by atoms with van der Waals surface area (Å²) in [5, 5.41) is 3.97. The van der Waals surface area contributed by atoms with Gasteiger partial charge in [-0.2, -0.15) is 0 Å². The molecule has 0 fully saturated rings. The number of amides is 1. The highest BCUT2D eigenvalue weighted by molar-refractivity contribution is 6.30. The number of aromatic nitrogens is 1. The largest absolute Gasteiger partial charge is 0.323 e. The standard InChI is InChI=1S/C11H8Cl2N2O/c12-6-10(16)14-8-3-1-2-7-4-5-9(13)15-11(7)8/h1-5H,6H2,(H,14,16). The molecule has 0 spiro atoms. The zero-order valence-electron chi connectivity index (χ0n) is 8.21. The Labute approximate surface area is 102 Å². The zero-order valence-corrected chi connectivity index (χ0v) is 9.72. The number of hydrogen-bond donors (Lipinski definition) is 1. The van der Waals surface area contributed by atoms with E-state index in [0.29, 0.717) is 16.4 Å². The second-order valence-electron chi connectivity index (χ2n) is 3.19. The van der Waals surface area contributed by atoms with Gasteiger partial charge in [-0.15, -0.1) is 11.6 Å². The van der Waals surface area contributed by atoms with Crippen LogP contribution in [0.2, 0.25) is 5.15 Å². The molecule has 5 heteroatoms. The summed E-state index contributed by atoms with van der Waals surface area (Å²) in [5.74, 6) is -0.354. The Hall–Kier alpha value is -1.32. The van der Waals surface area contributed by atoms with Gasteiger partial charge in [0.1, 0.15) is 11.0 Å². The number of hydrogen-bond acceptors (Lipinski definition) is 2. The molecule has 0 radical (unpaired) electrons. The average Bonchev–Trinajstić information content (AvgIpc) is 2.29. The van der Waals surface area contributed by atoms with E-state index < -0.39 is 0 Å². The van der Waals surface area contributed by atoms with E-state index >= 15 is 0 Å². The molecule has 0 aliphatic heterocycles. The molecule has 2 aromatic rings. The van der Waals surface area contributed by atoms with Crippen molar-refractivity contribution in [3.05, 3.63) is 35.5 Å². The average molecular weight is 255 g/mol. The molecule has 0 bridgehead atoms. The maximum absolute atomic E-state index is 11.2. The Morgan fingerprint density at radius 3 is 2.88 bits per heavy atom. The summed E-state index contributed by atoms with van der Waals surface area (Å²) in [4.78, 5) is 15.4. The number of nitrogens with zero attached hydrogens (tertiary/aromatic N) is 1. The number of nitrogens with one attached hydrogen (secondary N) is 1.